The molecule has 4 aromatic rings. The average Bonchev–Trinajstić information content (AvgIpc) is 2.72. The van der Waals surface area contributed by atoms with E-state index in [2.05, 4.69) is 94.4 Å². The number of anilines is 1. The number of nitrogen functional groups attached to an aromatic ring is 1. The van der Waals surface area contributed by atoms with Crippen molar-refractivity contribution in [2.24, 2.45) is 0 Å². The van der Waals surface area contributed by atoms with Crippen LogP contribution in [-0.2, 0) is 0 Å². The largest absolute Gasteiger partial charge is 0.399 e. The van der Waals surface area contributed by atoms with Gasteiger partial charge in [-0.1, -0.05) is 66.7 Å². The molecule has 1 nitrogen and oxygen atoms in total. The summed E-state index contributed by atoms with van der Waals surface area (Å²) in [6.07, 6.45) is 0. The highest BCUT2D eigenvalue weighted by atomic mass is 14.5. The van der Waals surface area contributed by atoms with Crippen LogP contribution in [0.3, 0.4) is 0 Å². The number of rotatable bonds is 3. The van der Waals surface area contributed by atoms with Crippen molar-refractivity contribution in [3.63, 3.8) is 0 Å². The Morgan fingerprint density at radius 3 is 1.55 bits per heavy atom. The molecular weight excluding hydrogens is 350 g/mol. The average molecular weight is 378 g/mol. The predicted molar refractivity (Wildman–Crippen MR) is 126 cm³/mol. The Balaban J connectivity index is 2.02. The molecule has 144 valence electrons. The number of benzene rings is 4. The summed E-state index contributed by atoms with van der Waals surface area (Å²) in [5.41, 5.74) is 19.4. The van der Waals surface area contributed by atoms with E-state index >= 15 is 0 Å². The summed E-state index contributed by atoms with van der Waals surface area (Å²) in [7, 11) is 0. The predicted octanol–water partition coefficient (Wildman–Crippen LogP) is 7.50. The van der Waals surface area contributed by atoms with Gasteiger partial charge >= 0.3 is 0 Å². The van der Waals surface area contributed by atoms with Crippen LogP contribution in [0.2, 0.25) is 0 Å². The van der Waals surface area contributed by atoms with E-state index in [1.807, 2.05) is 12.1 Å². The monoisotopic (exact) mass is 377 g/mol. The van der Waals surface area contributed by atoms with Crippen LogP contribution in [0.1, 0.15) is 22.3 Å². The fraction of sp³-hybridized carbons (Fsp3) is 0.143. The van der Waals surface area contributed by atoms with Crippen LogP contribution in [-0.4, -0.2) is 0 Å². The highest BCUT2D eigenvalue weighted by molar-refractivity contribution is 5.95. The molecule has 4 rings (SSSR count). The molecule has 2 N–H and O–H groups in total. The number of nitrogens with two attached hydrogens (primary N) is 1. The Labute approximate surface area is 173 Å². The van der Waals surface area contributed by atoms with Crippen LogP contribution in [0.25, 0.3) is 33.4 Å². The lowest BCUT2D eigenvalue weighted by atomic mass is 9.86. The SMILES string of the molecule is Cc1ccc(-c2cccc(-c3ccc(N)cc3)c2-c2ccc(C)c(C)c2)cc1C. The van der Waals surface area contributed by atoms with E-state index < -0.39 is 0 Å². The molecule has 29 heavy (non-hydrogen) atoms. The molecule has 4 aromatic carbocycles. The smallest absolute Gasteiger partial charge is 0.0314 e. The van der Waals surface area contributed by atoms with E-state index in [0.29, 0.717) is 0 Å². The van der Waals surface area contributed by atoms with Crippen LogP contribution in [0.15, 0.2) is 78.9 Å². The summed E-state index contributed by atoms with van der Waals surface area (Å²) >= 11 is 0. The Kier molecular flexibility index (Phi) is 4.98. The first-order chi connectivity index (χ1) is 13.9. The molecule has 0 aliphatic rings. The summed E-state index contributed by atoms with van der Waals surface area (Å²) in [5.74, 6) is 0. The van der Waals surface area contributed by atoms with Gasteiger partial charge in [-0.05, 0) is 95.5 Å². The van der Waals surface area contributed by atoms with Crippen LogP contribution in [0.5, 0.6) is 0 Å². The zero-order valence-electron chi connectivity index (χ0n) is 17.6. The zero-order chi connectivity index (χ0) is 20.5. The normalized spacial score (nSPS) is 10.9. The second kappa shape index (κ2) is 7.60. The lowest BCUT2D eigenvalue weighted by Crippen LogP contribution is -1.93. The van der Waals surface area contributed by atoms with Gasteiger partial charge in [0, 0.05) is 5.69 Å². The summed E-state index contributed by atoms with van der Waals surface area (Å²) in [4.78, 5) is 0. The Hall–Kier alpha value is -3.32. The molecule has 0 unspecified atom stereocenters. The number of hydrogen-bond acceptors (Lipinski definition) is 1. The maximum Gasteiger partial charge on any atom is 0.0314 e. The molecular formula is C28H27N. The van der Waals surface area contributed by atoms with Crippen LogP contribution in [0.4, 0.5) is 5.69 Å². The maximum absolute atomic E-state index is 5.94. The Morgan fingerprint density at radius 1 is 0.483 bits per heavy atom. The third-order valence-corrected chi connectivity index (χ3v) is 5.90. The quantitative estimate of drug-likeness (QED) is 0.367. The van der Waals surface area contributed by atoms with Crippen LogP contribution < -0.4 is 5.73 Å². The molecule has 0 aliphatic carbocycles. The molecule has 1 heteroatoms. The minimum absolute atomic E-state index is 0.784. The lowest BCUT2D eigenvalue weighted by Gasteiger charge is -2.18. The molecule has 0 spiro atoms. The number of hydrogen-bond donors (Lipinski definition) is 1. The van der Waals surface area contributed by atoms with Gasteiger partial charge in [-0.2, -0.15) is 0 Å². The standard InChI is InChI=1S/C28H27N/c1-18-8-10-23(16-20(18)3)27-7-5-6-26(22-12-14-25(29)15-13-22)28(27)24-11-9-19(2)21(4)17-24/h5-17H,29H2,1-4H3. The van der Waals surface area contributed by atoms with Crippen molar-refractivity contribution in [2.45, 2.75) is 27.7 Å². The van der Waals surface area contributed by atoms with Crippen LogP contribution in [0, 0.1) is 27.7 Å². The van der Waals surface area contributed by atoms with Crippen LogP contribution >= 0.6 is 0 Å². The van der Waals surface area contributed by atoms with Crippen molar-refractivity contribution >= 4 is 5.69 Å². The molecule has 0 amide bonds. The summed E-state index contributed by atoms with van der Waals surface area (Å²) in [6.45, 7) is 8.68. The fourth-order valence-corrected chi connectivity index (χ4v) is 3.81. The zero-order valence-corrected chi connectivity index (χ0v) is 17.6. The van der Waals surface area contributed by atoms with Gasteiger partial charge < -0.3 is 5.73 Å². The minimum atomic E-state index is 0.784. The molecule has 0 fully saturated rings. The first kappa shape index (κ1) is 19.0. The molecule has 0 atom stereocenters. The van der Waals surface area contributed by atoms with Gasteiger partial charge in [0.05, 0.1) is 0 Å². The molecule has 0 aliphatic heterocycles. The molecule has 0 bridgehead atoms. The molecule has 0 heterocycles. The summed E-state index contributed by atoms with van der Waals surface area (Å²) < 4.78 is 0. The van der Waals surface area contributed by atoms with Crippen molar-refractivity contribution in [1.29, 1.82) is 0 Å². The first-order valence-corrected chi connectivity index (χ1v) is 10.1. The highest BCUT2D eigenvalue weighted by Crippen LogP contribution is 2.41. The van der Waals surface area contributed by atoms with Gasteiger partial charge in [-0.15, -0.1) is 0 Å². The third kappa shape index (κ3) is 3.69. The molecule has 0 saturated heterocycles. The molecule has 0 aromatic heterocycles. The maximum atomic E-state index is 5.94. The van der Waals surface area contributed by atoms with E-state index in [1.165, 1.54) is 55.6 Å². The number of aryl methyl sites for hydroxylation is 4. The van der Waals surface area contributed by atoms with E-state index in [-0.39, 0.29) is 0 Å². The van der Waals surface area contributed by atoms with Gasteiger partial charge in [0.2, 0.25) is 0 Å². The first-order valence-electron chi connectivity index (χ1n) is 10.1. The van der Waals surface area contributed by atoms with Crippen molar-refractivity contribution < 1.29 is 0 Å². The van der Waals surface area contributed by atoms with Gasteiger partial charge in [0.15, 0.2) is 0 Å². The van der Waals surface area contributed by atoms with E-state index in [4.69, 9.17) is 5.73 Å². The molecule has 0 saturated carbocycles. The van der Waals surface area contributed by atoms with E-state index in [1.54, 1.807) is 0 Å². The van der Waals surface area contributed by atoms with Crippen molar-refractivity contribution in [3.8, 4) is 33.4 Å². The fourth-order valence-electron chi connectivity index (χ4n) is 3.81. The topological polar surface area (TPSA) is 26.0 Å². The second-order valence-electron chi connectivity index (χ2n) is 7.95. The van der Waals surface area contributed by atoms with Crippen molar-refractivity contribution in [1.82, 2.24) is 0 Å². The van der Waals surface area contributed by atoms with Gasteiger partial charge in [-0.3, -0.25) is 0 Å². The van der Waals surface area contributed by atoms with Gasteiger partial charge in [-0.25, -0.2) is 0 Å². The molecule has 0 radical (unpaired) electrons. The third-order valence-electron chi connectivity index (χ3n) is 5.90. The highest BCUT2D eigenvalue weighted by Gasteiger charge is 2.15. The van der Waals surface area contributed by atoms with E-state index in [9.17, 15) is 0 Å². The summed E-state index contributed by atoms with van der Waals surface area (Å²) in [6, 6.07) is 28.3. The Bertz CT molecular complexity index is 1180. The van der Waals surface area contributed by atoms with Crippen molar-refractivity contribution in [2.75, 3.05) is 5.73 Å². The summed E-state index contributed by atoms with van der Waals surface area (Å²) in [5, 5.41) is 0. The minimum Gasteiger partial charge on any atom is -0.399 e. The van der Waals surface area contributed by atoms with Gasteiger partial charge in [0.25, 0.3) is 0 Å². The Morgan fingerprint density at radius 2 is 0.966 bits per heavy atom. The van der Waals surface area contributed by atoms with Gasteiger partial charge in [0.1, 0.15) is 0 Å². The lowest BCUT2D eigenvalue weighted by molar-refractivity contribution is 1.33. The van der Waals surface area contributed by atoms with Crippen molar-refractivity contribution in [3.05, 3.63) is 101 Å². The second-order valence-corrected chi connectivity index (χ2v) is 7.95. The van der Waals surface area contributed by atoms with E-state index in [0.717, 1.165) is 5.69 Å².